The van der Waals surface area contributed by atoms with E-state index in [1.165, 1.54) is 20.3 Å². The Hall–Kier alpha value is -3.26. The summed E-state index contributed by atoms with van der Waals surface area (Å²) in [5.74, 6) is 1.12. The number of benzene rings is 2. The van der Waals surface area contributed by atoms with Crippen LogP contribution in [-0.4, -0.2) is 27.1 Å². The maximum atomic E-state index is 12.6. The van der Waals surface area contributed by atoms with E-state index >= 15 is 0 Å². The van der Waals surface area contributed by atoms with Gasteiger partial charge >= 0.3 is 0 Å². The molecule has 0 aromatic heterocycles. The number of nitrogens with zero attached hydrogens (tertiary/aromatic N) is 1. The molecule has 0 saturated heterocycles. The summed E-state index contributed by atoms with van der Waals surface area (Å²) in [5.41, 5.74) is 1.01. The Labute approximate surface area is 140 Å². The smallest absolute Gasteiger partial charge is 0.207 e. The predicted octanol–water partition coefficient (Wildman–Crippen LogP) is 3.50. The largest absolute Gasteiger partial charge is 0.496 e. The first kappa shape index (κ1) is 17.1. The molecule has 0 aliphatic heterocycles. The zero-order chi connectivity index (χ0) is 17.5. The van der Waals surface area contributed by atoms with Gasteiger partial charge in [-0.25, -0.2) is 0 Å². The summed E-state index contributed by atoms with van der Waals surface area (Å²) < 4.78 is 15.6. The lowest BCUT2D eigenvalue weighted by atomic mass is 10.0. The topological polar surface area (TPSA) is 68.5 Å². The normalized spacial score (nSPS) is 10.7. The van der Waals surface area contributed by atoms with Crippen LogP contribution >= 0.6 is 0 Å². The number of methoxy groups -OCH3 is 3. The number of nitriles is 1. The first-order valence-electron chi connectivity index (χ1n) is 7.16. The Morgan fingerprint density at radius 1 is 0.958 bits per heavy atom. The summed E-state index contributed by atoms with van der Waals surface area (Å²) in [4.78, 5) is 12.6. The second-order valence-corrected chi connectivity index (χ2v) is 4.81. The molecular formula is C19H17NO4. The minimum atomic E-state index is -0.398. The maximum absolute atomic E-state index is 12.6. The number of ether oxygens (including phenoxy) is 3. The predicted molar refractivity (Wildman–Crippen MR) is 90.5 cm³/mol. The summed E-state index contributed by atoms with van der Waals surface area (Å²) in [6.45, 7) is 0. The molecule has 0 fully saturated rings. The third-order valence-corrected chi connectivity index (χ3v) is 3.44. The number of allylic oxidation sites excluding steroid dienone is 1. The van der Waals surface area contributed by atoms with E-state index in [-0.39, 0.29) is 5.57 Å². The van der Waals surface area contributed by atoms with E-state index in [1.807, 2.05) is 6.07 Å². The highest BCUT2D eigenvalue weighted by atomic mass is 16.5. The van der Waals surface area contributed by atoms with Crippen LogP contribution in [0.25, 0.3) is 6.08 Å². The zero-order valence-electron chi connectivity index (χ0n) is 13.7. The Kier molecular flexibility index (Phi) is 5.58. The number of hydrogen-bond acceptors (Lipinski definition) is 5. The van der Waals surface area contributed by atoms with E-state index in [2.05, 4.69) is 0 Å². The van der Waals surface area contributed by atoms with Crippen LogP contribution in [0.5, 0.6) is 17.2 Å². The lowest BCUT2D eigenvalue weighted by Crippen LogP contribution is -2.04. The first-order chi connectivity index (χ1) is 11.6. The summed E-state index contributed by atoms with van der Waals surface area (Å²) in [5, 5.41) is 9.37. The fourth-order valence-corrected chi connectivity index (χ4v) is 2.24. The van der Waals surface area contributed by atoms with Crippen molar-refractivity contribution in [2.24, 2.45) is 0 Å². The number of rotatable bonds is 6. The van der Waals surface area contributed by atoms with E-state index < -0.39 is 5.78 Å². The molecule has 5 heteroatoms. The molecule has 0 amide bonds. The van der Waals surface area contributed by atoms with Gasteiger partial charge in [0.15, 0.2) is 11.5 Å². The summed E-state index contributed by atoms with van der Waals surface area (Å²) >= 11 is 0. The molecule has 0 radical (unpaired) electrons. The Morgan fingerprint density at radius 3 is 2.25 bits per heavy atom. The van der Waals surface area contributed by atoms with Gasteiger partial charge in [-0.2, -0.15) is 5.26 Å². The molecule has 0 spiro atoms. The molecule has 0 N–H and O–H groups in total. The van der Waals surface area contributed by atoms with Crippen LogP contribution in [0.1, 0.15) is 15.9 Å². The van der Waals surface area contributed by atoms with Gasteiger partial charge in [-0.3, -0.25) is 4.79 Å². The molecule has 0 aliphatic rings. The number of para-hydroxylation sites is 1. The minimum absolute atomic E-state index is 0.00622. The fraction of sp³-hybridized carbons (Fsp3) is 0.158. The van der Waals surface area contributed by atoms with Crippen LogP contribution in [-0.2, 0) is 0 Å². The van der Waals surface area contributed by atoms with Crippen molar-refractivity contribution in [3.8, 4) is 23.3 Å². The average molecular weight is 323 g/mol. The monoisotopic (exact) mass is 323 g/mol. The number of Topliss-reactive ketones (excluding diaryl/α,β-unsaturated/α-hetero) is 1. The lowest BCUT2D eigenvalue weighted by Gasteiger charge is -2.08. The molecule has 0 aliphatic carbocycles. The maximum Gasteiger partial charge on any atom is 0.207 e. The molecule has 2 aromatic carbocycles. The lowest BCUT2D eigenvalue weighted by molar-refractivity contribution is 0.103. The van der Waals surface area contributed by atoms with Crippen molar-refractivity contribution in [2.45, 2.75) is 0 Å². The molecule has 0 unspecified atom stereocenters. The number of carbonyl (C=O) groups is 1. The van der Waals surface area contributed by atoms with Gasteiger partial charge in [-0.05, 0) is 35.9 Å². The molecule has 2 aromatic rings. The molecule has 0 atom stereocenters. The van der Waals surface area contributed by atoms with Gasteiger partial charge in [0.25, 0.3) is 0 Å². The number of carbonyl (C=O) groups excluding carboxylic acids is 1. The van der Waals surface area contributed by atoms with Crippen molar-refractivity contribution >= 4 is 11.9 Å². The number of hydrogen-bond donors (Lipinski definition) is 0. The van der Waals surface area contributed by atoms with Crippen LogP contribution in [0.2, 0.25) is 0 Å². The van der Waals surface area contributed by atoms with Gasteiger partial charge in [-0.15, -0.1) is 0 Å². The van der Waals surface area contributed by atoms with Gasteiger partial charge < -0.3 is 14.2 Å². The SMILES string of the molecule is COc1ccc(/C=C(/C#N)C(=O)c2ccccc2OC)cc1OC. The molecule has 5 nitrogen and oxygen atoms in total. The van der Waals surface area contributed by atoms with Crippen LogP contribution in [0.4, 0.5) is 0 Å². The van der Waals surface area contributed by atoms with Crippen molar-refractivity contribution < 1.29 is 19.0 Å². The second kappa shape index (κ2) is 7.84. The summed E-state index contributed by atoms with van der Waals surface area (Å²) in [7, 11) is 4.55. The molecule has 2 rings (SSSR count). The van der Waals surface area contributed by atoms with Gasteiger partial charge in [0.05, 0.1) is 26.9 Å². The second-order valence-electron chi connectivity index (χ2n) is 4.81. The van der Waals surface area contributed by atoms with Crippen LogP contribution in [0.3, 0.4) is 0 Å². The van der Waals surface area contributed by atoms with Gasteiger partial charge in [0.2, 0.25) is 5.78 Å². The molecular weight excluding hydrogens is 306 g/mol. The van der Waals surface area contributed by atoms with Crippen molar-refractivity contribution in [2.75, 3.05) is 21.3 Å². The zero-order valence-corrected chi connectivity index (χ0v) is 13.7. The quantitative estimate of drug-likeness (QED) is 0.462. The molecule has 0 saturated carbocycles. The van der Waals surface area contributed by atoms with Gasteiger partial charge in [0.1, 0.15) is 17.4 Å². The first-order valence-corrected chi connectivity index (χ1v) is 7.16. The van der Waals surface area contributed by atoms with Crippen LogP contribution in [0, 0.1) is 11.3 Å². The standard InChI is InChI=1S/C19H17NO4/c1-22-16-7-5-4-6-15(16)19(21)14(12-20)10-13-8-9-17(23-2)18(11-13)24-3/h4-11H,1-3H3/b14-10-. The van der Waals surface area contributed by atoms with Gasteiger partial charge in [-0.1, -0.05) is 18.2 Å². The van der Waals surface area contributed by atoms with E-state index in [4.69, 9.17) is 14.2 Å². The van der Waals surface area contributed by atoms with Gasteiger partial charge in [0, 0.05) is 0 Å². The molecule has 0 bridgehead atoms. The van der Waals surface area contributed by atoms with Crippen LogP contribution < -0.4 is 14.2 Å². The Morgan fingerprint density at radius 2 is 1.62 bits per heavy atom. The highest BCUT2D eigenvalue weighted by Crippen LogP contribution is 2.29. The Balaban J connectivity index is 2.43. The highest BCUT2D eigenvalue weighted by molar-refractivity contribution is 6.15. The van der Waals surface area contributed by atoms with E-state index in [9.17, 15) is 10.1 Å². The van der Waals surface area contributed by atoms with Crippen molar-refractivity contribution in [1.29, 1.82) is 5.26 Å². The molecule has 122 valence electrons. The Bertz CT molecular complexity index is 818. The third kappa shape index (κ3) is 3.55. The van der Waals surface area contributed by atoms with E-state index in [1.54, 1.807) is 49.6 Å². The number of ketones is 1. The minimum Gasteiger partial charge on any atom is -0.496 e. The highest BCUT2D eigenvalue weighted by Gasteiger charge is 2.16. The average Bonchev–Trinajstić information content (AvgIpc) is 2.65. The van der Waals surface area contributed by atoms with Crippen LogP contribution in [0.15, 0.2) is 48.0 Å². The molecule has 0 heterocycles. The van der Waals surface area contributed by atoms with E-state index in [0.29, 0.717) is 28.4 Å². The van der Waals surface area contributed by atoms with Crippen molar-refractivity contribution in [3.05, 3.63) is 59.2 Å². The third-order valence-electron chi connectivity index (χ3n) is 3.44. The van der Waals surface area contributed by atoms with E-state index in [0.717, 1.165) is 0 Å². The van der Waals surface area contributed by atoms with Crippen molar-refractivity contribution in [3.63, 3.8) is 0 Å². The van der Waals surface area contributed by atoms with Crippen molar-refractivity contribution in [1.82, 2.24) is 0 Å². The molecule has 24 heavy (non-hydrogen) atoms. The summed E-state index contributed by atoms with van der Waals surface area (Å²) in [6, 6.07) is 13.9. The summed E-state index contributed by atoms with van der Waals surface area (Å²) in [6.07, 6.45) is 1.51. The fourth-order valence-electron chi connectivity index (χ4n) is 2.24.